The van der Waals surface area contributed by atoms with Crippen LogP contribution in [0, 0.1) is 0 Å². The van der Waals surface area contributed by atoms with Crippen LogP contribution in [0.4, 0.5) is 4.79 Å². The molecule has 0 radical (unpaired) electrons. The van der Waals surface area contributed by atoms with Crippen molar-refractivity contribution in [1.29, 1.82) is 0 Å². The van der Waals surface area contributed by atoms with Crippen molar-refractivity contribution in [2.24, 2.45) is 0 Å². The normalized spacial score (nSPS) is 17.1. The zero-order valence-electron chi connectivity index (χ0n) is 30.7. The second kappa shape index (κ2) is 18.7. The SMILES string of the molecule is COC(=O)[C@H](Cc1ccccc1)NC(=O)NCc1ccccc1-c1ccc([C@@H]2O[C@H](CSc3nnnn3-c3ccccc3)C[C@H](c3ccc(CO)cc3)O2)cc1. The van der Waals surface area contributed by atoms with Gasteiger partial charge in [-0.1, -0.05) is 133 Å². The average molecular weight is 771 g/mol. The van der Waals surface area contributed by atoms with Crippen molar-refractivity contribution >= 4 is 23.8 Å². The number of esters is 1. The molecule has 5 aromatic carbocycles. The van der Waals surface area contributed by atoms with Crippen LogP contribution in [-0.2, 0) is 38.6 Å². The van der Waals surface area contributed by atoms with Crippen molar-refractivity contribution in [2.75, 3.05) is 12.9 Å². The highest BCUT2D eigenvalue weighted by Crippen LogP contribution is 2.40. The Morgan fingerprint density at radius 2 is 1.55 bits per heavy atom. The molecule has 1 aliphatic rings. The summed E-state index contributed by atoms with van der Waals surface area (Å²) in [5, 5.41) is 28.3. The van der Waals surface area contributed by atoms with E-state index in [4.69, 9.17) is 14.2 Å². The Kier molecular flexibility index (Phi) is 12.8. The summed E-state index contributed by atoms with van der Waals surface area (Å²) < 4.78 is 19.9. The van der Waals surface area contributed by atoms with E-state index in [1.165, 1.54) is 18.9 Å². The third-order valence-electron chi connectivity index (χ3n) is 9.48. The lowest BCUT2D eigenvalue weighted by molar-refractivity contribution is -0.245. The van der Waals surface area contributed by atoms with Gasteiger partial charge >= 0.3 is 12.0 Å². The fourth-order valence-electron chi connectivity index (χ4n) is 6.54. The van der Waals surface area contributed by atoms with Gasteiger partial charge in [0.2, 0.25) is 5.16 Å². The van der Waals surface area contributed by atoms with Crippen molar-refractivity contribution in [3.8, 4) is 16.8 Å². The van der Waals surface area contributed by atoms with E-state index in [2.05, 4.69) is 26.2 Å². The van der Waals surface area contributed by atoms with Gasteiger partial charge in [-0.2, -0.15) is 4.68 Å². The van der Waals surface area contributed by atoms with E-state index in [1.807, 2.05) is 133 Å². The number of aliphatic hydroxyl groups excluding tert-OH is 1. The van der Waals surface area contributed by atoms with Gasteiger partial charge in [-0.05, 0) is 55.9 Å². The first-order chi connectivity index (χ1) is 27.5. The van der Waals surface area contributed by atoms with E-state index in [1.54, 1.807) is 4.68 Å². The molecule has 4 atom stereocenters. The van der Waals surface area contributed by atoms with Crippen molar-refractivity contribution in [2.45, 2.75) is 55.7 Å². The Morgan fingerprint density at radius 1 is 0.857 bits per heavy atom. The molecule has 0 aliphatic carbocycles. The minimum atomic E-state index is -0.835. The summed E-state index contributed by atoms with van der Waals surface area (Å²) in [6.07, 6.45) is -0.153. The van der Waals surface area contributed by atoms with Crippen LogP contribution in [0.3, 0.4) is 0 Å². The number of ether oxygens (including phenoxy) is 3. The van der Waals surface area contributed by atoms with Gasteiger partial charge in [-0.25, -0.2) is 9.59 Å². The number of tetrazole rings is 1. The molecule has 1 fully saturated rings. The standard InChI is InChI=1S/C43H42N6O6S/c1-53-40(51)38(24-29-10-4-2-5-11-29)45-42(52)44-26-34-12-8-9-15-37(34)31-20-22-33(23-21-31)41-54-36(25-39(55-41)32-18-16-30(27-50)17-19-32)28-56-43-46-47-48-49(43)35-13-6-3-7-14-35/h2-23,36,38-39,41,50H,24-28H2,1H3,(H2,44,45,52)/t36-,38-,39+,41+/m0/s1. The third-order valence-corrected chi connectivity index (χ3v) is 10.5. The van der Waals surface area contributed by atoms with E-state index >= 15 is 0 Å². The molecule has 56 heavy (non-hydrogen) atoms. The molecule has 3 N–H and O–H groups in total. The zero-order chi connectivity index (χ0) is 38.7. The van der Waals surface area contributed by atoms with Crippen molar-refractivity contribution in [1.82, 2.24) is 30.8 Å². The van der Waals surface area contributed by atoms with E-state index in [0.717, 1.165) is 44.6 Å². The number of carbonyl (C=O) groups excluding carboxylic acids is 2. The van der Waals surface area contributed by atoms with Crippen LogP contribution >= 0.6 is 11.8 Å². The topological polar surface area (TPSA) is 150 Å². The molecule has 286 valence electrons. The zero-order valence-corrected chi connectivity index (χ0v) is 31.5. The molecule has 2 amide bonds. The Morgan fingerprint density at radius 3 is 2.29 bits per heavy atom. The molecule has 1 saturated heterocycles. The Balaban J connectivity index is 1.04. The van der Waals surface area contributed by atoms with Crippen LogP contribution in [0.2, 0.25) is 0 Å². The number of benzene rings is 5. The number of hydrogen-bond acceptors (Lipinski definition) is 10. The molecule has 0 unspecified atom stereocenters. The second-order valence-corrected chi connectivity index (χ2v) is 14.2. The van der Waals surface area contributed by atoms with Gasteiger partial charge in [-0.15, -0.1) is 5.10 Å². The minimum absolute atomic E-state index is 0.0315. The minimum Gasteiger partial charge on any atom is -0.467 e. The van der Waals surface area contributed by atoms with Crippen LogP contribution in [-0.4, -0.2) is 62.3 Å². The summed E-state index contributed by atoms with van der Waals surface area (Å²) in [5.74, 6) is 0.0768. The maximum atomic E-state index is 13.0. The molecule has 6 aromatic rings. The first-order valence-corrected chi connectivity index (χ1v) is 19.3. The van der Waals surface area contributed by atoms with Gasteiger partial charge in [0.15, 0.2) is 6.29 Å². The first-order valence-electron chi connectivity index (χ1n) is 18.3. The van der Waals surface area contributed by atoms with E-state index in [9.17, 15) is 14.7 Å². The molecule has 12 nitrogen and oxygen atoms in total. The molecule has 7 rings (SSSR count). The number of hydrogen-bond donors (Lipinski definition) is 3. The third kappa shape index (κ3) is 9.68. The number of thioether (sulfide) groups is 1. The number of urea groups is 1. The van der Waals surface area contributed by atoms with Crippen LogP contribution in [0.15, 0.2) is 139 Å². The maximum absolute atomic E-state index is 13.0. The van der Waals surface area contributed by atoms with Crippen molar-refractivity contribution in [3.63, 3.8) is 0 Å². The lowest BCUT2D eigenvalue weighted by atomic mass is 9.98. The van der Waals surface area contributed by atoms with Gasteiger partial charge in [0, 0.05) is 30.7 Å². The number of para-hydroxylation sites is 1. The summed E-state index contributed by atoms with van der Waals surface area (Å²) in [7, 11) is 1.31. The van der Waals surface area contributed by atoms with Crippen LogP contribution in [0.25, 0.3) is 16.8 Å². The Hall–Kier alpha value is -5.86. The number of methoxy groups -OCH3 is 1. The quantitative estimate of drug-likeness (QED) is 0.0803. The van der Waals surface area contributed by atoms with Crippen LogP contribution in [0.1, 0.15) is 46.6 Å². The van der Waals surface area contributed by atoms with E-state index < -0.39 is 24.3 Å². The number of nitrogens with one attached hydrogen (secondary N) is 2. The molecule has 1 aromatic heterocycles. The van der Waals surface area contributed by atoms with Crippen molar-refractivity contribution in [3.05, 3.63) is 161 Å². The molecular weight excluding hydrogens is 729 g/mol. The average Bonchev–Trinajstić information content (AvgIpc) is 3.74. The highest BCUT2D eigenvalue weighted by atomic mass is 32.2. The van der Waals surface area contributed by atoms with Crippen LogP contribution < -0.4 is 10.6 Å². The fourth-order valence-corrected chi connectivity index (χ4v) is 7.44. The predicted molar refractivity (Wildman–Crippen MR) is 211 cm³/mol. The van der Waals surface area contributed by atoms with E-state index in [0.29, 0.717) is 23.8 Å². The molecule has 1 aliphatic heterocycles. The summed E-state index contributed by atoms with van der Waals surface area (Å²) in [6, 6.07) is 41.6. The largest absolute Gasteiger partial charge is 0.467 e. The second-order valence-electron chi connectivity index (χ2n) is 13.2. The highest BCUT2D eigenvalue weighted by molar-refractivity contribution is 7.99. The number of aliphatic hydroxyl groups is 1. The maximum Gasteiger partial charge on any atom is 0.328 e. The fraction of sp³-hybridized carbons (Fsp3) is 0.233. The number of nitrogens with zero attached hydrogens (tertiary/aromatic N) is 4. The number of amides is 2. The molecule has 0 saturated carbocycles. The van der Waals surface area contributed by atoms with Gasteiger partial charge in [0.05, 0.1) is 31.6 Å². The summed E-state index contributed by atoms with van der Waals surface area (Å²) in [4.78, 5) is 25.5. The lowest BCUT2D eigenvalue weighted by Crippen LogP contribution is -2.47. The summed E-state index contributed by atoms with van der Waals surface area (Å²) in [6.45, 7) is 0.206. The molecule has 13 heteroatoms. The van der Waals surface area contributed by atoms with Crippen molar-refractivity contribution < 1.29 is 28.9 Å². The summed E-state index contributed by atoms with van der Waals surface area (Å²) in [5.41, 5.74) is 7.28. The Bertz CT molecular complexity index is 2190. The smallest absolute Gasteiger partial charge is 0.328 e. The molecule has 0 bridgehead atoms. The van der Waals surface area contributed by atoms with E-state index in [-0.39, 0.29) is 25.4 Å². The first kappa shape index (κ1) is 38.4. The predicted octanol–water partition coefficient (Wildman–Crippen LogP) is 6.74. The number of aromatic nitrogens is 4. The van der Waals surface area contributed by atoms with Gasteiger partial charge in [0.1, 0.15) is 6.04 Å². The molecule has 2 heterocycles. The molecule has 0 spiro atoms. The Labute approximate surface area is 329 Å². The lowest BCUT2D eigenvalue weighted by Gasteiger charge is -2.36. The summed E-state index contributed by atoms with van der Waals surface area (Å²) >= 11 is 1.53. The highest BCUT2D eigenvalue weighted by Gasteiger charge is 2.33. The van der Waals surface area contributed by atoms with Gasteiger partial charge < -0.3 is 30.0 Å². The number of carbonyl (C=O) groups is 2. The van der Waals surface area contributed by atoms with Gasteiger partial charge in [-0.3, -0.25) is 0 Å². The monoisotopic (exact) mass is 770 g/mol. The van der Waals surface area contributed by atoms with Gasteiger partial charge in [0.25, 0.3) is 0 Å². The molecular formula is C43H42N6O6S. The number of rotatable bonds is 14. The van der Waals surface area contributed by atoms with Crippen LogP contribution in [0.5, 0.6) is 0 Å².